The molecular weight excluding hydrogens is 304 g/mol. The van der Waals surface area contributed by atoms with Gasteiger partial charge in [0.2, 0.25) is 0 Å². The van der Waals surface area contributed by atoms with Crippen LogP contribution in [0.4, 0.5) is 10.9 Å². The molecule has 3 aromatic rings. The second-order valence-corrected chi connectivity index (χ2v) is 6.67. The number of pyridine rings is 1. The first-order valence-electron chi connectivity index (χ1n) is 7.86. The number of anilines is 2. The Kier molecular flexibility index (Phi) is 4.05. The van der Waals surface area contributed by atoms with Crippen molar-refractivity contribution in [1.82, 2.24) is 15.3 Å². The third kappa shape index (κ3) is 3.25. The van der Waals surface area contributed by atoms with Gasteiger partial charge < -0.3 is 10.6 Å². The molecule has 0 radical (unpaired) electrons. The molecule has 1 fully saturated rings. The number of thiazole rings is 1. The molecule has 116 valence electrons. The van der Waals surface area contributed by atoms with Crippen molar-refractivity contribution in [3.05, 3.63) is 60.4 Å². The summed E-state index contributed by atoms with van der Waals surface area (Å²) in [7, 11) is 0. The summed E-state index contributed by atoms with van der Waals surface area (Å²) in [6.45, 7) is 1.10. The zero-order chi connectivity index (χ0) is 15.5. The van der Waals surface area contributed by atoms with E-state index in [-0.39, 0.29) is 0 Å². The predicted octanol–water partition coefficient (Wildman–Crippen LogP) is 4.37. The molecule has 1 atom stereocenters. The Bertz CT molecular complexity index is 778. The molecular formula is C18H18N4S. The van der Waals surface area contributed by atoms with E-state index in [2.05, 4.69) is 44.9 Å². The molecule has 1 aliphatic rings. The van der Waals surface area contributed by atoms with Gasteiger partial charge in [0, 0.05) is 18.4 Å². The van der Waals surface area contributed by atoms with E-state index in [9.17, 15) is 0 Å². The van der Waals surface area contributed by atoms with Crippen molar-refractivity contribution < 1.29 is 0 Å². The van der Waals surface area contributed by atoms with Crippen LogP contribution < -0.4 is 10.6 Å². The van der Waals surface area contributed by atoms with Gasteiger partial charge >= 0.3 is 0 Å². The summed E-state index contributed by atoms with van der Waals surface area (Å²) in [5, 5.41) is 7.72. The quantitative estimate of drug-likeness (QED) is 0.749. The smallest absolute Gasteiger partial charge is 0.188 e. The minimum atomic E-state index is 0.453. The average Bonchev–Trinajstić information content (AvgIpc) is 3.28. The second-order valence-electron chi connectivity index (χ2n) is 5.64. The second kappa shape index (κ2) is 6.48. The summed E-state index contributed by atoms with van der Waals surface area (Å²) in [6, 6.07) is 15.0. The van der Waals surface area contributed by atoms with Gasteiger partial charge in [-0.25, -0.2) is 9.97 Å². The van der Waals surface area contributed by atoms with Gasteiger partial charge in [-0.1, -0.05) is 41.7 Å². The molecule has 0 spiro atoms. The summed E-state index contributed by atoms with van der Waals surface area (Å²) in [5.74, 6) is 0.852. The van der Waals surface area contributed by atoms with Gasteiger partial charge in [0.05, 0.1) is 4.88 Å². The summed E-state index contributed by atoms with van der Waals surface area (Å²) in [5.41, 5.74) is 2.48. The molecule has 2 N–H and O–H groups in total. The van der Waals surface area contributed by atoms with E-state index in [0.29, 0.717) is 6.04 Å². The van der Waals surface area contributed by atoms with Gasteiger partial charge in [0.15, 0.2) is 5.13 Å². The Balaban J connectivity index is 1.52. The molecule has 1 saturated heterocycles. The first-order chi connectivity index (χ1) is 11.4. The fourth-order valence-corrected chi connectivity index (χ4v) is 3.71. The van der Waals surface area contributed by atoms with Gasteiger partial charge in [0.1, 0.15) is 5.82 Å². The van der Waals surface area contributed by atoms with Crippen molar-refractivity contribution in [1.29, 1.82) is 0 Å². The molecule has 4 rings (SSSR count). The standard InChI is InChI=1S/C18H18N4S/c1-2-5-13(6-3-1)16-12-21-18(23-16)22-17-11-14(8-10-20-17)15-7-4-9-19-15/h1-3,5-6,8,10-12,15,19H,4,7,9H2,(H,20,21,22)/t15-/m0/s1. The molecule has 3 heterocycles. The van der Waals surface area contributed by atoms with Crippen LogP contribution in [0.5, 0.6) is 0 Å². The molecule has 1 aromatic carbocycles. The fraction of sp³-hybridized carbons (Fsp3) is 0.222. The molecule has 0 amide bonds. The lowest BCUT2D eigenvalue weighted by Gasteiger charge is -2.11. The zero-order valence-electron chi connectivity index (χ0n) is 12.7. The maximum Gasteiger partial charge on any atom is 0.188 e. The number of hydrogen-bond donors (Lipinski definition) is 2. The largest absolute Gasteiger partial charge is 0.316 e. The molecule has 4 nitrogen and oxygen atoms in total. The average molecular weight is 322 g/mol. The Hall–Kier alpha value is -2.24. The van der Waals surface area contributed by atoms with Gasteiger partial charge in [-0.05, 0) is 42.6 Å². The molecule has 0 aliphatic carbocycles. The lowest BCUT2D eigenvalue weighted by atomic mass is 10.1. The van der Waals surface area contributed by atoms with E-state index in [1.807, 2.05) is 30.6 Å². The van der Waals surface area contributed by atoms with Crippen LogP contribution in [0.25, 0.3) is 10.4 Å². The molecule has 1 aliphatic heterocycles. The molecule has 0 saturated carbocycles. The highest BCUT2D eigenvalue weighted by Crippen LogP contribution is 2.31. The van der Waals surface area contributed by atoms with Crippen LogP contribution in [0.3, 0.4) is 0 Å². The summed E-state index contributed by atoms with van der Waals surface area (Å²) in [6.07, 6.45) is 6.20. The van der Waals surface area contributed by atoms with Crippen molar-refractivity contribution in [3.63, 3.8) is 0 Å². The van der Waals surface area contributed by atoms with Gasteiger partial charge in [-0.15, -0.1) is 0 Å². The van der Waals surface area contributed by atoms with E-state index >= 15 is 0 Å². The van der Waals surface area contributed by atoms with E-state index in [1.54, 1.807) is 11.3 Å². The molecule has 2 aromatic heterocycles. The monoisotopic (exact) mass is 322 g/mol. The number of nitrogens with zero attached hydrogens (tertiary/aromatic N) is 2. The number of rotatable bonds is 4. The number of nitrogens with one attached hydrogen (secondary N) is 2. The molecule has 23 heavy (non-hydrogen) atoms. The van der Waals surface area contributed by atoms with Crippen LogP contribution in [-0.2, 0) is 0 Å². The maximum absolute atomic E-state index is 4.47. The van der Waals surface area contributed by atoms with Crippen LogP contribution in [0, 0.1) is 0 Å². The first kappa shape index (κ1) is 14.4. The van der Waals surface area contributed by atoms with E-state index < -0.39 is 0 Å². The summed E-state index contributed by atoms with van der Waals surface area (Å²) in [4.78, 5) is 10.0. The highest BCUT2D eigenvalue weighted by molar-refractivity contribution is 7.18. The van der Waals surface area contributed by atoms with Gasteiger partial charge in [-0.3, -0.25) is 0 Å². The Morgan fingerprint density at radius 2 is 2.04 bits per heavy atom. The van der Waals surface area contributed by atoms with Crippen LogP contribution in [0.1, 0.15) is 24.4 Å². The van der Waals surface area contributed by atoms with E-state index in [4.69, 9.17) is 0 Å². The summed E-state index contributed by atoms with van der Waals surface area (Å²) >= 11 is 1.64. The Morgan fingerprint density at radius 3 is 2.87 bits per heavy atom. The van der Waals surface area contributed by atoms with Crippen LogP contribution in [0.15, 0.2) is 54.9 Å². The zero-order valence-corrected chi connectivity index (χ0v) is 13.5. The highest BCUT2D eigenvalue weighted by Gasteiger charge is 2.16. The Morgan fingerprint density at radius 1 is 1.13 bits per heavy atom. The number of hydrogen-bond acceptors (Lipinski definition) is 5. The topological polar surface area (TPSA) is 49.8 Å². The van der Waals surface area contributed by atoms with Crippen molar-refractivity contribution in [2.75, 3.05) is 11.9 Å². The lowest BCUT2D eigenvalue weighted by molar-refractivity contribution is 0.647. The molecule has 5 heteroatoms. The molecule has 0 bridgehead atoms. The van der Waals surface area contributed by atoms with Crippen molar-refractivity contribution in [2.45, 2.75) is 18.9 Å². The number of aromatic nitrogens is 2. The SMILES string of the molecule is c1ccc(-c2cnc(Nc3cc([C@@H]4CCCN4)ccn3)s2)cc1. The highest BCUT2D eigenvalue weighted by atomic mass is 32.1. The minimum Gasteiger partial charge on any atom is -0.316 e. The third-order valence-electron chi connectivity index (χ3n) is 4.05. The van der Waals surface area contributed by atoms with Crippen molar-refractivity contribution in [3.8, 4) is 10.4 Å². The van der Waals surface area contributed by atoms with Crippen LogP contribution in [-0.4, -0.2) is 16.5 Å². The lowest BCUT2D eigenvalue weighted by Crippen LogP contribution is -2.13. The maximum atomic E-state index is 4.47. The Labute approximate surface area is 139 Å². The number of benzene rings is 1. The summed E-state index contributed by atoms with van der Waals surface area (Å²) < 4.78 is 0. The van der Waals surface area contributed by atoms with E-state index in [1.165, 1.54) is 24.0 Å². The van der Waals surface area contributed by atoms with Crippen molar-refractivity contribution >= 4 is 22.3 Å². The van der Waals surface area contributed by atoms with Crippen LogP contribution >= 0.6 is 11.3 Å². The normalized spacial score (nSPS) is 17.3. The van der Waals surface area contributed by atoms with Crippen molar-refractivity contribution in [2.24, 2.45) is 0 Å². The van der Waals surface area contributed by atoms with Crippen LogP contribution in [0.2, 0.25) is 0 Å². The fourth-order valence-electron chi connectivity index (χ4n) is 2.88. The first-order valence-corrected chi connectivity index (χ1v) is 8.68. The third-order valence-corrected chi connectivity index (χ3v) is 5.01. The molecule has 0 unspecified atom stereocenters. The van der Waals surface area contributed by atoms with Gasteiger partial charge in [-0.2, -0.15) is 0 Å². The predicted molar refractivity (Wildman–Crippen MR) is 95.0 cm³/mol. The van der Waals surface area contributed by atoms with E-state index in [0.717, 1.165) is 22.4 Å². The van der Waals surface area contributed by atoms with Gasteiger partial charge in [0.25, 0.3) is 0 Å². The minimum absolute atomic E-state index is 0.453.